The molecule has 3 N–H and O–H groups in total. The molecule has 0 saturated carbocycles. The molecule has 3 saturated heterocycles. The van der Waals surface area contributed by atoms with Gasteiger partial charge in [-0.2, -0.15) is 4.98 Å². The van der Waals surface area contributed by atoms with Crippen molar-refractivity contribution in [2.24, 2.45) is 0 Å². The van der Waals surface area contributed by atoms with Crippen LogP contribution in [-0.2, 0) is 20.5 Å². The second kappa shape index (κ2) is 11.6. The Bertz CT molecular complexity index is 1600. The summed E-state index contributed by atoms with van der Waals surface area (Å²) >= 11 is 0. The average molecular weight is 597 g/mol. The van der Waals surface area contributed by atoms with Crippen LogP contribution in [0.3, 0.4) is 0 Å². The number of nitrogens with one attached hydrogen (secondary N) is 2. The van der Waals surface area contributed by atoms with Crippen molar-refractivity contribution in [3.05, 3.63) is 83.3 Å². The highest BCUT2D eigenvalue weighted by molar-refractivity contribution is 5.76. The van der Waals surface area contributed by atoms with Crippen molar-refractivity contribution in [2.45, 2.75) is 63.4 Å². The van der Waals surface area contributed by atoms with Crippen molar-refractivity contribution in [3.63, 3.8) is 0 Å². The van der Waals surface area contributed by atoms with E-state index in [0.717, 1.165) is 72.8 Å². The highest BCUT2D eigenvalue weighted by Crippen LogP contribution is 2.45. The molecule has 4 aliphatic rings. The smallest absolute Gasteiger partial charge is 0.261 e. The number of piperidine rings is 3. The number of aliphatic hydroxyl groups excluding tert-OH is 1. The molecule has 1 unspecified atom stereocenters. The maximum absolute atomic E-state index is 10.4. The summed E-state index contributed by atoms with van der Waals surface area (Å²) in [6.45, 7) is 9.78. The summed E-state index contributed by atoms with van der Waals surface area (Å²) in [6.07, 6.45) is 4.53. The van der Waals surface area contributed by atoms with Gasteiger partial charge in [0.15, 0.2) is 12.1 Å². The molecule has 0 spiro atoms. The molecule has 2 aromatic heterocycles. The fraction of sp³-hybridized carbons (Fsp3) is 0.441. The first-order valence-corrected chi connectivity index (χ1v) is 15.6. The molecule has 10 heteroatoms. The molecule has 230 valence electrons. The van der Waals surface area contributed by atoms with Crippen LogP contribution in [0.5, 0.6) is 0 Å². The predicted molar refractivity (Wildman–Crippen MR) is 168 cm³/mol. The lowest BCUT2D eigenvalue weighted by Crippen LogP contribution is -2.51. The number of ether oxygens (including phenoxy) is 2. The molecule has 44 heavy (non-hydrogen) atoms. The average Bonchev–Trinajstić information content (AvgIpc) is 3.65. The van der Waals surface area contributed by atoms with Gasteiger partial charge < -0.3 is 34.6 Å². The minimum atomic E-state index is -0.481. The van der Waals surface area contributed by atoms with E-state index in [1.54, 1.807) is 6.20 Å². The Morgan fingerprint density at radius 1 is 1.07 bits per heavy atom. The number of pyridine rings is 1. The molecule has 4 aliphatic heterocycles. The van der Waals surface area contributed by atoms with Gasteiger partial charge in [-0.3, -0.25) is 0 Å². The Labute approximate surface area is 257 Å². The Morgan fingerprint density at radius 3 is 2.57 bits per heavy atom. The summed E-state index contributed by atoms with van der Waals surface area (Å²) in [4.78, 5) is 12.2. The zero-order valence-corrected chi connectivity index (χ0v) is 25.5. The third-order valence-electron chi connectivity index (χ3n) is 9.42. The van der Waals surface area contributed by atoms with Crippen LogP contribution in [0, 0.1) is 0 Å². The molecule has 8 rings (SSSR count). The second-order valence-corrected chi connectivity index (χ2v) is 12.5. The monoisotopic (exact) mass is 596 g/mol. The standard InChI is InChI=1S/C34H40N6O4/c1-4-42-31-24-11-10-23(18-26(24)33(2,3)43-31)36-29-19-27(37-28(21-41)22-8-6-5-7-9-22)25(20-35-29)30-38-32(39-44-30)34-12-15-40(16-13-34)17-14-34/h5-11,18-20,28,31,41H,4,12-17,21H2,1-3H3,(H2,35,36,37)/t28-,31?/m1/s1. The Balaban J connectivity index is 1.22. The van der Waals surface area contributed by atoms with E-state index in [0.29, 0.717) is 23.9 Å². The van der Waals surface area contributed by atoms with Crippen molar-refractivity contribution in [3.8, 4) is 11.5 Å². The number of fused-ring (bicyclic) bond motifs is 4. The quantitative estimate of drug-likeness (QED) is 0.199. The molecule has 6 heterocycles. The number of rotatable bonds is 10. The largest absolute Gasteiger partial charge is 0.394 e. The lowest BCUT2D eigenvalue weighted by atomic mass is 9.71. The van der Waals surface area contributed by atoms with Gasteiger partial charge in [-0.05, 0) is 82.9 Å². The summed E-state index contributed by atoms with van der Waals surface area (Å²) < 4.78 is 17.9. The molecule has 0 amide bonds. The summed E-state index contributed by atoms with van der Waals surface area (Å²) in [5.74, 6) is 1.85. The molecule has 3 fully saturated rings. The second-order valence-electron chi connectivity index (χ2n) is 12.5. The van der Waals surface area contributed by atoms with Crippen molar-refractivity contribution in [1.29, 1.82) is 0 Å². The lowest BCUT2D eigenvalue weighted by Gasteiger charge is -2.46. The molecule has 2 aromatic carbocycles. The normalized spacial score (nSPS) is 24.2. The molecule has 4 aromatic rings. The number of hydrogen-bond donors (Lipinski definition) is 3. The maximum Gasteiger partial charge on any atom is 0.261 e. The van der Waals surface area contributed by atoms with E-state index >= 15 is 0 Å². The van der Waals surface area contributed by atoms with Gasteiger partial charge >= 0.3 is 0 Å². The van der Waals surface area contributed by atoms with E-state index in [1.807, 2.05) is 55.5 Å². The van der Waals surface area contributed by atoms with E-state index in [1.165, 1.54) is 0 Å². The van der Waals surface area contributed by atoms with Gasteiger partial charge in [0, 0.05) is 35.5 Å². The van der Waals surface area contributed by atoms with Crippen molar-refractivity contribution in [2.75, 3.05) is 43.5 Å². The number of aliphatic hydroxyl groups is 1. The van der Waals surface area contributed by atoms with Crippen LogP contribution < -0.4 is 10.6 Å². The van der Waals surface area contributed by atoms with Crippen molar-refractivity contribution >= 4 is 17.2 Å². The number of aromatic nitrogens is 3. The summed E-state index contributed by atoms with van der Waals surface area (Å²) in [5.41, 5.74) is 4.88. The van der Waals surface area contributed by atoms with E-state index in [4.69, 9.17) is 24.0 Å². The SMILES string of the molecule is CCOC1OC(C)(C)c2cc(Nc3cc(N[C@H](CO)c4ccccc4)c(-c4nc(C56CCN(CC5)CC6)no4)cn3)ccc21. The van der Waals surface area contributed by atoms with Crippen LogP contribution in [0.4, 0.5) is 17.2 Å². The van der Waals surface area contributed by atoms with E-state index in [9.17, 15) is 5.11 Å². The number of hydrogen-bond acceptors (Lipinski definition) is 10. The van der Waals surface area contributed by atoms with Crippen LogP contribution in [0.2, 0.25) is 0 Å². The van der Waals surface area contributed by atoms with Gasteiger partial charge in [-0.25, -0.2) is 4.98 Å². The highest BCUT2D eigenvalue weighted by Gasteiger charge is 2.44. The van der Waals surface area contributed by atoms with Crippen molar-refractivity contribution in [1.82, 2.24) is 20.0 Å². The Morgan fingerprint density at radius 2 is 1.84 bits per heavy atom. The van der Waals surface area contributed by atoms with Gasteiger partial charge in [0.25, 0.3) is 5.89 Å². The van der Waals surface area contributed by atoms with Crippen LogP contribution in [-0.4, -0.2) is 58.0 Å². The molecule has 2 bridgehead atoms. The molecule has 10 nitrogen and oxygen atoms in total. The van der Waals surface area contributed by atoms with Gasteiger partial charge in [-0.15, -0.1) is 0 Å². The van der Waals surface area contributed by atoms with E-state index in [-0.39, 0.29) is 24.4 Å². The van der Waals surface area contributed by atoms with Crippen LogP contribution in [0.15, 0.2) is 65.3 Å². The summed E-state index contributed by atoms with van der Waals surface area (Å²) in [5, 5.41) is 21.9. The van der Waals surface area contributed by atoms with Gasteiger partial charge in [-0.1, -0.05) is 41.6 Å². The fourth-order valence-electron chi connectivity index (χ4n) is 6.81. The molecule has 0 aliphatic carbocycles. The van der Waals surface area contributed by atoms with Gasteiger partial charge in [0.05, 0.1) is 29.5 Å². The number of nitrogens with zero attached hydrogens (tertiary/aromatic N) is 4. The minimum absolute atomic E-state index is 0.0249. The topological polar surface area (TPSA) is 118 Å². The molecule has 2 atom stereocenters. The maximum atomic E-state index is 10.4. The Kier molecular flexibility index (Phi) is 7.62. The zero-order valence-electron chi connectivity index (χ0n) is 25.5. The lowest BCUT2D eigenvalue weighted by molar-refractivity contribution is -0.186. The van der Waals surface area contributed by atoms with Crippen LogP contribution in [0.1, 0.15) is 74.9 Å². The van der Waals surface area contributed by atoms with Crippen LogP contribution >= 0.6 is 0 Å². The predicted octanol–water partition coefficient (Wildman–Crippen LogP) is 6.06. The van der Waals surface area contributed by atoms with Crippen LogP contribution in [0.25, 0.3) is 11.5 Å². The zero-order chi connectivity index (χ0) is 30.3. The molecule has 0 radical (unpaired) electrons. The minimum Gasteiger partial charge on any atom is -0.394 e. The van der Waals surface area contributed by atoms with Gasteiger partial charge in [0.1, 0.15) is 5.82 Å². The van der Waals surface area contributed by atoms with Crippen molar-refractivity contribution < 1.29 is 19.1 Å². The first-order valence-electron chi connectivity index (χ1n) is 15.6. The third kappa shape index (κ3) is 5.36. The summed E-state index contributed by atoms with van der Waals surface area (Å²) in [6, 6.07) is 17.6. The first kappa shape index (κ1) is 28.9. The highest BCUT2D eigenvalue weighted by atomic mass is 16.7. The Hall–Kier alpha value is -3.83. The molecular weight excluding hydrogens is 556 g/mol. The summed E-state index contributed by atoms with van der Waals surface area (Å²) in [7, 11) is 0. The third-order valence-corrected chi connectivity index (χ3v) is 9.42. The van der Waals surface area contributed by atoms with Gasteiger partial charge in [0.2, 0.25) is 0 Å². The number of anilines is 3. The fourth-order valence-corrected chi connectivity index (χ4v) is 6.81. The van der Waals surface area contributed by atoms with E-state index < -0.39 is 5.60 Å². The number of benzene rings is 2. The molecular formula is C34H40N6O4. The first-order chi connectivity index (χ1) is 21.4. The van der Waals surface area contributed by atoms with E-state index in [2.05, 4.69) is 40.6 Å².